The summed E-state index contributed by atoms with van der Waals surface area (Å²) >= 11 is 0. The lowest BCUT2D eigenvalue weighted by atomic mass is 9.49. The monoisotopic (exact) mass is 365 g/mol. The van der Waals surface area contributed by atoms with Gasteiger partial charge in [0.25, 0.3) is 0 Å². The van der Waals surface area contributed by atoms with Crippen molar-refractivity contribution in [2.45, 2.75) is 37.7 Å². The highest BCUT2D eigenvalue weighted by Crippen LogP contribution is 2.59. The van der Waals surface area contributed by atoms with Crippen molar-refractivity contribution in [1.29, 1.82) is 0 Å². The number of aromatic nitrogens is 2. The van der Waals surface area contributed by atoms with Gasteiger partial charge in [0, 0.05) is 29.3 Å². The molecule has 27 heavy (non-hydrogen) atoms. The van der Waals surface area contributed by atoms with Gasteiger partial charge in [-0.2, -0.15) is 5.10 Å². The summed E-state index contributed by atoms with van der Waals surface area (Å²) in [5.74, 6) is 1.40. The standard InChI is InChI=1S/C19H22BN4O3/c25-9-23-24-17(16-13-1-2-21-18(13)22-8-14(16)20-27)15-11-3-10-4-12(15)7-19(26,5-10)6-11/h1-2,8-12,15,26-27H,3-7H2,(H,21,22)(H,23,25)/b24-17-. The molecule has 0 aliphatic heterocycles. The number of amides is 1. The van der Waals surface area contributed by atoms with Crippen molar-refractivity contribution >= 4 is 36.1 Å². The van der Waals surface area contributed by atoms with Gasteiger partial charge in [-0.15, -0.1) is 0 Å². The largest absolute Gasteiger partial charge is 0.450 e. The van der Waals surface area contributed by atoms with Crippen LogP contribution in [0.3, 0.4) is 0 Å². The third-order valence-electron chi connectivity index (χ3n) is 6.81. The van der Waals surface area contributed by atoms with E-state index in [1.807, 2.05) is 12.3 Å². The summed E-state index contributed by atoms with van der Waals surface area (Å²) in [6.45, 7) is 0. The van der Waals surface area contributed by atoms with Crippen LogP contribution in [0.5, 0.6) is 0 Å². The van der Waals surface area contributed by atoms with E-state index in [1.54, 1.807) is 6.20 Å². The topological polar surface area (TPSA) is 111 Å². The Morgan fingerprint density at radius 2 is 2.15 bits per heavy atom. The number of aliphatic hydroxyl groups is 1. The van der Waals surface area contributed by atoms with E-state index in [9.17, 15) is 14.9 Å². The van der Waals surface area contributed by atoms with E-state index in [0.717, 1.165) is 61.9 Å². The van der Waals surface area contributed by atoms with Crippen molar-refractivity contribution < 1.29 is 14.9 Å². The summed E-state index contributed by atoms with van der Waals surface area (Å²) in [4.78, 5) is 18.5. The minimum Gasteiger partial charge on any atom is -0.450 e. The van der Waals surface area contributed by atoms with E-state index in [1.165, 1.54) is 0 Å². The fourth-order valence-electron chi connectivity index (χ4n) is 6.23. The quantitative estimate of drug-likeness (QED) is 0.267. The summed E-state index contributed by atoms with van der Waals surface area (Å²) in [5, 5.41) is 26.1. The first-order valence-corrected chi connectivity index (χ1v) is 9.55. The van der Waals surface area contributed by atoms with Crippen LogP contribution in [0.2, 0.25) is 0 Å². The summed E-state index contributed by atoms with van der Waals surface area (Å²) in [5.41, 5.74) is 4.85. The van der Waals surface area contributed by atoms with Gasteiger partial charge in [0.1, 0.15) is 5.65 Å². The molecule has 0 spiro atoms. The summed E-state index contributed by atoms with van der Waals surface area (Å²) in [7, 11) is 1.05. The fraction of sp³-hybridized carbons (Fsp3) is 0.526. The van der Waals surface area contributed by atoms with Gasteiger partial charge >= 0.3 is 7.48 Å². The molecule has 2 atom stereocenters. The zero-order valence-electron chi connectivity index (χ0n) is 14.9. The second kappa shape index (κ2) is 6.17. The Kier molecular flexibility index (Phi) is 3.87. The second-order valence-corrected chi connectivity index (χ2v) is 8.42. The van der Waals surface area contributed by atoms with Gasteiger partial charge in [0.15, 0.2) is 0 Å². The summed E-state index contributed by atoms with van der Waals surface area (Å²) in [6.07, 6.45) is 8.65. The Bertz CT molecular complexity index is 911. The molecule has 4 aliphatic carbocycles. The molecule has 4 aliphatic rings. The maximum absolute atomic E-state index is 11.0. The number of hydrazone groups is 1. The van der Waals surface area contributed by atoms with Crippen LogP contribution in [-0.2, 0) is 4.79 Å². The summed E-state index contributed by atoms with van der Waals surface area (Å²) in [6, 6.07) is 1.92. The van der Waals surface area contributed by atoms with Gasteiger partial charge in [0.05, 0.1) is 11.3 Å². The molecule has 6 rings (SSSR count). The molecule has 4 bridgehead atoms. The number of aromatic amines is 1. The number of nitrogens with zero attached hydrogens (tertiary/aromatic N) is 2. The van der Waals surface area contributed by atoms with Crippen molar-refractivity contribution in [2.75, 3.05) is 0 Å². The molecule has 4 N–H and O–H groups in total. The minimum absolute atomic E-state index is 0.147. The van der Waals surface area contributed by atoms with Gasteiger partial charge in [0.2, 0.25) is 6.41 Å². The van der Waals surface area contributed by atoms with Crippen LogP contribution in [0, 0.1) is 23.7 Å². The van der Waals surface area contributed by atoms with Crippen molar-refractivity contribution in [3.05, 3.63) is 24.0 Å². The highest BCUT2D eigenvalue weighted by atomic mass is 16.3. The smallest absolute Gasteiger partial charge is 0.329 e. The van der Waals surface area contributed by atoms with Crippen LogP contribution < -0.4 is 10.9 Å². The number of hydrogen-bond donors (Lipinski definition) is 4. The zero-order chi connectivity index (χ0) is 18.6. The number of carbonyl (C=O) groups excluding carboxylic acids is 1. The first-order chi connectivity index (χ1) is 13.1. The Hall–Kier alpha value is -2.19. The Morgan fingerprint density at radius 1 is 1.37 bits per heavy atom. The number of carbonyl (C=O) groups is 1. The molecule has 139 valence electrons. The molecule has 0 saturated heterocycles. The molecule has 0 aromatic carbocycles. The predicted molar refractivity (Wildman–Crippen MR) is 101 cm³/mol. The number of H-pyrrole nitrogens is 1. The highest BCUT2D eigenvalue weighted by Gasteiger charge is 2.56. The average Bonchev–Trinajstić information content (AvgIpc) is 3.10. The molecule has 4 saturated carbocycles. The van der Waals surface area contributed by atoms with Crippen molar-refractivity contribution in [2.24, 2.45) is 28.8 Å². The first kappa shape index (κ1) is 17.0. The molecule has 2 aromatic rings. The molecule has 2 aromatic heterocycles. The number of hydrogen-bond acceptors (Lipinski definition) is 5. The third kappa shape index (κ3) is 2.62. The SMILES string of the molecule is O=CN/N=C(\c1c([B]O)cnc2[nH]ccc12)C1C2CC3CC1CC(O)(C3)C2. The zero-order valence-corrected chi connectivity index (χ0v) is 14.9. The van der Waals surface area contributed by atoms with Gasteiger partial charge in [-0.05, 0) is 61.4 Å². The summed E-state index contributed by atoms with van der Waals surface area (Å²) < 4.78 is 0. The lowest BCUT2D eigenvalue weighted by Gasteiger charge is -2.58. The average molecular weight is 365 g/mol. The van der Waals surface area contributed by atoms with E-state index >= 15 is 0 Å². The van der Waals surface area contributed by atoms with E-state index < -0.39 is 5.60 Å². The minimum atomic E-state index is -0.538. The van der Waals surface area contributed by atoms with Crippen LogP contribution in [0.1, 0.15) is 37.7 Å². The molecule has 7 nitrogen and oxygen atoms in total. The maximum atomic E-state index is 11.0. The molecular weight excluding hydrogens is 343 g/mol. The van der Waals surface area contributed by atoms with Gasteiger partial charge < -0.3 is 15.1 Å². The molecular formula is C19H22BN4O3. The van der Waals surface area contributed by atoms with Crippen LogP contribution in [0.15, 0.2) is 23.6 Å². The second-order valence-electron chi connectivity index (χ2n) is 8.42. The van der Waals surface area contributed by atoms with Crippen molar-refractivity contribution in [1.82, 2.24) is 15.4 Å². The van der Waals surface area contributed by atoms with Crippen LogP contribution >= 0.6 is 0 Å². The van der Waals surface area contributed by atoms with Gasteiger partial charge in [-0.1, -0.05) is 0 Å². The van der Waals surface area contributed by atoms with E-state index in [4.69, 9.17) is 0 Å². The lowest BCUT2D eigenvalue weighted by Crippen LogP contribution is -2.57. The van der Waals surface area contributed by atoms with Gasteiger partial charge in [-0.3, -0.25) is 4.79 Å². The number of pyridine rings is 1. The molecule has 2 unspecified atom stereocenters. The van der Waals surface area contributed by atoms with Gasteiger partial charge in [-0.25, -0.2) is 10.4 Å². The fourth-order valence-corrected chi connectivity index (χ4v) is 6.23. The normalized spacial score (nSPS) is 34.8. The van der Waals surface area contributed by atoms with Crippen molar-refractivity contribution in [3.63, 3.8) is 0 Å². The number of nitrogens with one attached hydrogen (secondary N) is 2. The highest BCUT2D eigenvalue weighted by molar-refractivity contribution is 6.49. The predicted octanol–water partition coefficient (Wildman–Crippen LogP) is 0.437. The molecule has 8 heteroatoms. The van der Waals surface area contributed by atoms with Crippen LogP contribution in [-0.4, -0.2) is 45.3 Å². The van der Waals surface area contributed by atoms with E-state index in [2.05, 4.69) is 20.5 Å². The number of fused-ring (bicyclic) bond motifs is 1. The Labute approximate surface area is 157 Å². The maximum Gasteiger partial charge on any atom is 0.329 e. The lowest BCUT2D eigenvalue weighted by molar-refractivity contribution is -0.138. The Balaban J connectivity index is 1.66. The molecule has 2 heterocycles. The Morgan fingerprint density at radius 3 is 2.81 bits per heavy atom. The molecule has 1 radical (unpaired) electrons. The van der Waals surface area contributed by atoms with E-state index in [-0.39, 0.29) is 5.92 Å². The first-order valence-electron chi connectivity index (χ1n) is 9.55. The third-order valence-corrected chi connectivity index (χ3v) is 6.81. The van der Waals surface area contributed by atoms with Crippen LogP contribution in [0.25, 0.3) is 11.0 Å². The van der Waals surface area contributed by atoms with E-state index in [0.29, 0.717) is 29.6 Å². The molecule has 1 amide bonds. The van der Waals surface area contributed by atoms with Crippen molar-refractivity contribution in [3.8, 4) is 0 Å². The molecule has 4 fully saturated rings. The number of rotatable bonds is 5. The van der Waals surface area contributed by atoms with Crippen LogP contribution in [0.4, 0.5) is 0 Å².